The van der Waals surface area contributed by atoms with Crippen LogP contribution in [0.15, 0.2) is 44.6 Å². The molecule has 0 spiro atoms. The lowest BCUT2D eigenvalue weighted by atomic mass is 10.3. The minimum atomic E-state index is -2.71. The van der Waals surface area contributed by atoms with Crippen LogP contribution < -0.4 is 10.9 Å². The molecule has 19 heavy (non-hydrogen) atoms. The summed E-state index contributed by atoms with van der Waals surface area (Å²) in [4.78, 5) is 18.4. The van der Waals surface area contributed by atoms with Gasteiger partial charge in [-0.3, -0.25) is 9.78 Å². The zero-order chi connectivity index (χ0) is 14.0. The Kier molecular flexibility index (Phi) is 3.72. The molecule has 0 saturated carbocycles. The molecule has 1 unspecified atom stereocenters. The smallest absolute Gasteiger partial charge is 0.266 e. The van der Waals surface area contributed by atoms with Crippen LogP contribution in [0.4, 0.5) is 11.6 Å². The van der Waals surface area contributed by atoms with E-state index in [4.69, 9.17) is 4.78 Å². The average Bonchev–Trinajstić information content (AvgIpc) is 2.33. The zero-order valence-corrected chi connectivity index (χ0v) is 12.3. The second-order valence-electron chi connectivity index (χ2n) is 3.90. The SMILES string of the molecule is CS(=N)(=O)c1ccc(Nc2ncc(Br)c(=O)[nH]2)cc1. The average molecular weight is 343 g/mol. The van der Waals surface area contributed by atoms with Gasteiger partial charge in [-0.05, 0) is 40.2 Å². The Hall–Kier alpha value is -1.67. The summed E-state index contributed by atoms with van der Waals surface area (Å²) in [5.41, 5.74) is 0.398. The predicted molar refractivity (Wildman–Crippen MR) is 77.3 cm³/mol. The minimum Gasteiger partial charge on any atom is -0.326 e. The van der Waals surface area contributed by atoms with Gasteiger partial charge in [-0.25, -0.2) is 14.0 Å². The summed E-state index contributed by atoms with van der Waals surface area (Å²) in [5, 5.41) is 2.91. The van der Waals surface area contributed by atoms with Gasteiger partial charge in [0.15, 0.2) is 0 Å². The third-order valence-electron chi connectivity index (χ3n) is 2.32. The van der Waals surface area contributed by atoms with Gasteiger partial charge in [0.05, 0.1) is 15.9 Å². The van der Waals surface area contributed by atoms with E-state index in [1.54, 1.807) is 24.3 Å². The number of hydrogen-bond acceptors (Lipinski definition) is 5. The molecule has 0 aliphatic heterocycles. The van der Waals surface area contributed by atoms with Crippen molar-refractivity contribution in [3.05, 3.63) is 45.3 Å². The van der Waals surface area contributed by atoms with E-state index >= 15 is 0 Å². The number of H-pyrrole nitrogens is 1. The fourth-order valence-electron chi connectivity index (χ4n) is 1.38. The highest BCUT2D eigenvalue weighted by molar-refractivity contribution is 9.10. The van der Waals surface area contributed by atoms with E-state index < -0.39 is 9.73 Å². The van der Waals surface area contributed by atoms with Gasteiger partial charge in [0.25, 0.3) is 5.56 Å². The van der Waals surface area contributed by atoms with Crippen LogP contribution in [0.5, 0.6) is 0 Å². The summed E-state index contributed by atoms with van der Waals surface area (Å²) in [7, 11) is -2.71. The highest BCUT2D eigenvalue weighted by Gasteiger charge is 2.04. The lowest BCUT2D eigenvalue weighted by molar-refractivity contribution is 0.679. The lowest BCUT2D eigenvalue weighted by Crippen LogP contribution is -2.10. The number of aromatic nitrogens is 2. The largest absolute Gasteiger partial charge is 0.326 e. The van der Waals surface area contributed by atoms with E-state index in [1.807, 2.05) is 0 Å². The molecular weight excluding hydrogens is 332 g/mol. The summed E-state index contributed by atoms with van der Waals surface area (Å²) in [6.45, 7) is 0. The van der Waals surface area contributed by atoms with Crippen LogP contribution in [0.3, 0.4) is 0 Å². The number of nitrogens with one attached hydrogen (secondary N) is 3. The fraction of sp³-hybridized carbons (Fsp3) is 0.0909. The van der Waals surface area contributed by atoms with Crippen molar-refractivity contribution in [2.75, 3.05) is 11.6 Å². The van der Waals surface area contributed by atoms with Crippen molar-refractivity contribution in [3.63, 3.8) is 0 Å². The highest BCUT2D eigenvalue weighted by atomic mass is 79.9. The van der Waals surface area contributed by atoms with E-state index in [0.29, 0.717) is 21.0 Å². The van der Waals surface area contributed by atoms with Gasteiger partial charge in [-0.2, -0.15) is 0 Å². The van der Waals surface area contributed by atoms with Crippen LogP contribution in [0.25, 0.3) is 0 Å². The van der Waals surface area contributed by atoms with Crippen LogP contribution in [-0.2, 0) is 9.73 Å². The van der Waals surface area contributed by atoms with Crippen LogP contribution >= 0.6 is 15.9 Å². The molecule has 2 rings (SSSR count). The number of rotatable bonds is 3. The molecule has 0 bridgehead atoms. The number of aromatic amines is 1. The molecule has 0 aliphatic rings. The fourth-order valence-corrected chi connectivity index (χ4v) is 2.23. The van der Waals surface area contributed by atoms with Gasteiger partial charge in [0.2, 0.25) is 5.95 Å². The molecule has 0 saturated heterocycles. The minimum absolute atomic E-state index is 0.281. The first kappa shape index (κ1) is 13.8. The second kappa shape index (κ2) is 5.14. The van der Waals surface area contributed by atoms with E-state index in [1.165, 1.54) is 12.5 Å². The number of benzene rings is 1. The maximum absolute atomic E-state index is 11.5. The molecule has 100 valence electrons. The maximum Gasteiger partial charge on any atom is 0.266 e. The van der Waals surface area contributed by atoms with Crippen molar-refractivity contribution in [2.45, 2.75) is 4.90 Å². The number of hydrogen-bond donors (Lipinski definition) is 3. The highest BCUT2D eigenvalue weighted by Crippen LogP contribution is 2.16. The Morgan fingerprint density at radius 3 is 2.53 bits per heavy atom. The summed E-state index contributed by atoms with van der Waals surface area (Å²) in [5.74, 6) is 0.309. The standard InChI is InChI=1S/C11H11BrN4O2S/c1-19(13,18)8-4-2-7(3-5-8)15-11-14-6-9(12)10(17)16-11/h2-6,13H,1H3,(H2,14,15,16,17). The number of halogens is 1. The van der Waals surface area contributed by atoms with Gasteiger partial charge in [0, 0.05) is 16.8 Å². The Morgan fingerprint density at radius 2 is 2.00 bits per heavy atom. The molecule has 0 aliphatic carbocycles. The first-order valence-corrected chi connectivity index (χ1v) is 7.98. The summed E-state index contributed by atoms with van der Waals surface area (Å²) in [6.07, 6.45) is 2.77. The summed E-state index contributed by atoms with van der Waals surface area (Å²) < 4.78 is 19.3. The molecule has 3 N–H and O–H groups in total. The Balaban J connectivity index is 2.24. The quantitative estimate of drug-likeness (QED) is 0.796. The Bertz CT molecular complexity index is 753. The van der Waals surface area contributed by atoms with Crippen LogP contribution in [0, 0.1) is 4.78 Å². The van der Waals surface area contributed by atoms with Crippen molar-refractivity contribution in [2.24, 2.45) is 0 Å². The Labute approximate surface area is 118 Å². The van der Waals surface area contributed by atoms with E-state index in [9.17, 15) is 9.00 Å². The molecule has 1 heterocycles. The molecule has 0 fully saturated rings. The van der Waals surface area contributed by atoms with Crippen LogP contribution in [-0.4, -0.2) is 20.4 Å². The Morgan fingerprint density at radius 1 is 1.37 bits per heavy atom. The van der Waals surface area contributed by atoms with Crippen molar-refractivity contribution in [3.8, 4) is 0 Å². The molecule has 1 aromatic carbocycles. The number of anilines is 2. The van der Waals surface area contributed by atoms with E-state index in [-0.39, 0.29) is 5.56 Å². The maximum atomic E-state index is 11.5. The van der Waals surface area contributed by atoms with Crippen molar-refractivity contribution < 1.29 is 4.21 Å². The van der Waals surface area contributed by atoms with Gasteiger partial charge in [-0.1, -0.05) is 0 Å². The topological polar surface area (TPSA) is 98.7 Å². The van der Waals surface area contributed by atoms with Gasteiger partial charge >= 0.3 is 0 Å². The number of nitrogens with zero attached hydrogens (tertiary/aromatic N) is 1. The summed E-state index contributed by atoms with van der Waals surface area (Å²) >= 11 is 3.06. The van der Waals surface area contributed by atoms with Crippen LogP contribution in [0.2, 0.25) is 0 Å². The molecule has 1 atom stereocenters. The predicted octanol–water partition coefficient (Wildman–Crippen LogP) is 2.31. The lowest BCUT2D eigenvalue weighted by Gasteiger charge is -2.06. The van der Waals surface area contributed by atoms with Crippen molar-refractivity contribution in [1.82, 2.24) is 9.97 Å². The second-order valence-corrected chi connectivity index (χ2v) is 6.91. The third-order valence-corrected chi connectivity index (χ3v) is 4.06. The van der Waals surface area contributed by atoms with Crippen molar-refractivity contribution in [1.29, 1.82) is 4.78 Å². The normalized spacial score (nSPS) is 13.8. The zero-order valence-electron chi connectivity index (χ0n) is 9.94. The van der Waals surface area contributed by atoms with Crippen molar-refractivity contribution >= 4 is 37.3 Å². The molecule has 1 aromatic heterocycles. The van der Waals surface area contributed by atoms with Crippen LogP contribution in [0.1, 0.15) is 0 Å². The molecule has 8 heteroatoms. The first-order valence-electron chi connectivity index (χ1n) is 5.22. The monoisotopic (exact) mass is 342 g/mol. The molecule has 2 aromatic rings. The molecule has 0 amide bonds. The molecular formula is C11H11BrN4O2S. The van der Waals surface area contributed by atoms with E-state index in [0.717, 1.165) is 0 Å². The summed E-state index contributed by atoms with van der Waals surface area (Å²) in [6, 6.07) is 6.56. The van der Waals surface area contributed by atoms with Gasteiger partial charge in [-0.15, -0.1) is 0 Å². The van der Waals surface area contributed by atoms with Gasteiger partial charge in [0.1, 0.15) is 4.47 Å². The van der Waals surface area contributed by atoms with Gasteiger partial charge < -0.3 is 5.32 Å². The van der Waals surface area contributed by atoms with E-state index in [2.05, 4.69) is 31.2 Å². The molecule has 6 nitrogen and oxygen atoms in total. The first-order chi connectivity index (χ1) is 8.86. The molecule has 0 radical (unpaired) electrons. The third kappa shape index (κ3) is 3.42.